The summed E-state index contributed by atoms with van der Waals surface area (Å²) in [6.07, 6.45) is 1.45. The van der Waals surface area contributed by atoms with Crippen molar-refractivity contribution < 1.29 is 4.74 Å². The molecule has 298 valence electrons. The predicted molar refractivity (Wildman–Crippen MR) is 266 cm³/mol. The molecule has 2 heterocycles. The van der Waals surface area contributed by atoms with Crippen molar-refractivity contribution in [3.8, 4) is 44.9 Å². The van der Waals surface area contributed by atoms with Crippen molar-refractivity contribution >= 4 is 59.3 Å². The molecular formula is C60H41NOS. The van der Waals surface area contributed by atoms with Gasteiger partial charge < -0.3 is 9.64 Å². The van der Waals surface area contributed by atoms with Crippen LogP contribution in [0.3, 0.4) is 0 Å². The first-order valence-electron chi connectivity index (χ1n) is 21.7. The van der Waals surface area contributed by atoms with Gasteiger partial charge in [-0.05, 0) is 103 Å². The summed E-state index contributed by atoms with van der Waals surface area (Å²) in [5.74, 6) is 1.72. The van der Waals surface area contributed by atoms with Crippen LogP contribution in [0, 0.1) is 0 Å². The van der Waals surface area contributed by atoms with Crippen molar-refractivity contribution in [1.82, 2.24) is 0 Å². The van der Waals surface area contributed by atoms with Crippen LogP contribution in [-0.2, 0) is 12.8 Å². The Labute approximate surface area is 371 Å². The molecule has 63 heavy (non-hydrogen) atoms. The second-order valence-corrected chi connectivity index (χ2v) is 17.4. The second kappa shape index (κ2) is 15.6. The van der Waals surface area contributed by atoms with E-state index >= 15 is 0 Å². The standard InChI is InChI=1S/C60H41NOS/c1-2-15-40(16-3-1)42-31-33-49(34-32-42)61(54-36-35-52(46-30-29-41-17-4-5-18-43(41)37-46)60-58(54)53-25-11-13-28-57(53)63-60)55-26-14-22-48-39-45-20-7-10-24-51(45)50-23-9-6-19-44(50)38-47-21-8-12-27-56(47)62-59(48)55/h1-37H,38-39H2. The fraction of sp³-hybridized carbons (Fsp3) is 0.0333. The smallest absolute Gasteiger partial charge is 0.154 e. The van der Waals surface area contributed by atoms with Gasteiger partial charge in [-0.1, -0.05) is 182 Å². The summed E-state index contributed by atoms with van der Waals surface area (Å²) < 4.78 is 9.95. The van der Waals surface area contributed by atoms with Crippen LogP contribution < -0.4 is 9.64 Å². The number of rotatable bonds is 5. The average Bonchev–Trinajstić information content (AvgIpc) is 3.73. The third-order valence-electron chi connectivity index (χ3n) is 12.6. The van der Waals surface area contributed by atoms with Crippen LogP contribution in [0.5, 0.6) is 11.5 Å². The van der Waals surface area contributed by atoms with Crippen LogP contribution in [0.15, 0.2) is 224 Å². The van der Waals surface area contributed by atoms with Crippen LogP contribution in [0.1, 0.15) is 22.3 Å². The second-order valence-electron chi connectivity index (χ2n) is 16.4. The normalized spacial score (nSPS) is 12.1. The zero-order valence-corrected chi connectivity index (χ0v) is 35.4. The lowest BCUT2D eigenvalue weighted by molar-refractivity contribution is 0.473. The Bertz CT molecular complexity index is 3490. The van der Waals surface area contributed by atoms with Crippen LogP contribution >= 0.6 is 11.3 Å². The third kappa shape index (κ3) is 6.66. The molecule has 2 nitrogen and oxygen atoms in total. The Morgan fingerprint density at radius 2 is 1.02 bits per heavy atom. The molecule has 0 spiro atoms. The average molecular weight is 824 g/mol. The first-order chi connectivity index (χ1) is 31.2. The fourth-order valence-electron chi connectivity index (χ4n) is 9.57. The molecule has 0 bridgehead atoms. The van der Waals surface area contributed by atoms with Crippen LogP contribution in [0.4, 0.5) is 17.1 Å². The molecule has 11 aromatic rings. The van der Waals surface area contributed by atoms with E-state index in [0.717, 1.165) is 46.1 Å². The van der Waals surface area contributed by atoms with Crippen molar-refractivity contribution in [2.45, 2.75) is 12.8 Å². The van der Waals surface area contributed by atoms with Crippen LogP contribution in [0.2, 0.25) is 0 Å². The Hall–Kier alpha value is -7.72. The van der Waals surface area contributed by atoms with Gasteiger partial charge in [0.2, 0.25) is 0 Å². The van der Waals surface area contributed by atoms with Crippen molar-refractivity contribution in [3.63, 3.8) is 0 Å². The minimum absolute atomic E-state index is 0.703. The summed E-state index contributed by atoms with van der Waals surface area (Å²) in [6, 6.07) is 81.7. The van der Waals surface area contributed by atoms with Gasteiger partial charge in [0.15, 0.2) is 5.75 Å². The maximum Gasteiger partial charge on any atom is 0.154 e. The molecule has 0 unspecified atom stereocenters. The van der Waals surface area contributed by atoms with Crippen molar-refractivity contribution in [3.05, 3.63) is 247 Å². The molecule has 0 saturated heterocycles. The highest BCUT2D eigenvalue weighted by Gasteiger charge is 2.26. The molecule has 10 aromatic carbocycles. The number of nitrogens with zero attached hydrogens (tertiary/aromatic N) is 1. The molecule has 0 saturated carbocycles. The van der Waals surface area contributed by atoms with Gasteiger partial charge >= 0.3 is 0 Å². The highest BCUT2D eigenvalue weighted by molar-refractivity contribution is 7.26. The van der Waals surface area contributed by atoms with Crippen LogP contribution in [-0.4, -0.2) is 0 Å². The SMILES string of the molecule is c1ccc(-c2ccc(N(c3cccc4c3Oc3ccccc3Cc3ccccc3-c3ccccc3C4)c3ccc(-c4ccc5ccccc5c4)c4sc5ccccc5c34)cc2)cc1. The molecular weight excluding hydrogens is 783 g/mol. The highest BCUT2D eigenvalue weighted by atomic mass is 32.1. The lowest BCUT2D eigenvalue weighted by atomic mass is 9.90. The van der Waals surface area contributed by atoms with E-state index in [1.54, 1.807) is 0 Å². The molecule has 0 aliphatic carbocycles. The Morgan fingerprint density at radius 1 is 0.397 bits per heavy atom. The van der Waals surface area contributed by atoms with Gasteiger partial charge in [-0.2, -0.15) is 0 Å². The van der Waals surface area contributed by atoms with Gasteiger partial charge in [0, 0.05) is 44.3 Å². The molecule has 12 rings (SSSR count). The topological polar surface area (TPSA) is 12.5 Å². The molecule has 1 aliphatic rings. The van der Waals surface area contributed by atoms with Gasteiger partial charge in [-0.3, -0.25) is 0 Å². The molecule has 0 radical (unpaired) electrons. The van der Waals surface area contributed by atoms with Crippen molar-refractivity contribution in [2.24, 2.45) is 0 Å². The van der Waals surface area contributed by atoms with Gasteiger partial charge in [0.25, 0.3) is 0 Å². The maximum absolute atomic E-state index is 7.43. The fourth-order valence-corrected chi connectivity index (χ4v) is 10.8. The monoisotopic (exact) mass is 823 g/mol. The lowest BCUT2D eigenvalue weighted by Gasteiger charge is -2.30. The zero-order valence-electron chi connectivity index (χ0n) is 34.5. The first-order valence-corrected chi connectivity index (χ1v) is 22.5. The number of ether oxygens (including phenoxy) is 1. The molecule has 1 aromatic heterocycles. The summed E-state index contributed by atoms with van der Waals surface area (Å²) in [4.78, 5) is 2.45. The number of para-hydroxylation sites is 2. The number of thiophene rings is 1. The quantitative estimate of drug-likeness (QED) is 0.171. The summed E-state index contributed by atoms with van der Waals surface area (Å²) >= 11 is 1.87. The van der Waals surface area contributed by atoms with E-state index in [-0.39, 0.29) is 0 Å². The van der Waals surface area contributed by atoms with Gasteiger partial charge in [-0.25, -0.2) is 0 Å². The minimum Gasteiger partial charge on any atom is -0.455 e. The summed E-state index contributed by atoms with van der Waals surface area (Å²) in [6.45, 7) is 0. The Morgan fingerprint density at radius 3 is 1.83 bits per heavy atom. The first kappa shape index (κ1) is 37.1. The van der Waals surface area contributed by atoms with Gasteiger partial charge in [0.05, 0.1) is 11.4 Å². The Balaban J connectivity index is 1.12. The third-order valence-corrected chi connectivity index (χ3v) is 13.8. The molecule has 0 fully saturated rings. The number of fused-ring (bicyclic) bond motifs is 9. The maximum atomic E-state index is 7.43. The van der Waals surface area contributed by atoms with Gasteiger partial charge in [-0.15, -0.1) is 11.3 Å². The van der Waals surface area contributed by atoms with Crippen molar-refractivity contribution in [2.75, 3.05) is 4.90 Å². The molecule has 3 heteroatoms. The molecule has 0 N–H and O–H groups in total. The number of benzene rings is 10. The molecule has 1 aliphatic heterocycles. The largest absolute Gasteiger partial charge is 0.455 e. The minimum atomic E-state index is 0.703. The molecule has 0 atom stereocenters. The Kier molecular flexibility index (Phi) is 9.20. The van der Waals surface area contributed by atoms with E-state index in [4.69, 9.17) is 4.74 Å². The van der Waals surface area contributed by atoms with Crippen LogP contribution in [0.25, 0.3) is 64.3 Å². The predicted octanol–water partition coefficient (Wildman–Crippen LogP) is 17.0. The summed E-state index contributed by atoms with van der Waals surface area (Å²) in [7, 11) is 0. The molecule has 0 amide bonds. The summed E-state index contributed by atoms with van der Waals surface area (Å²) in [5.41, 5.74) is 15.3. The van der Waals surface area contributed by atoms with E-state index in [9.17, 15) is 0 Å². The van der Waals surface area contributed by atoms with Crippen molar-refractivity contribution in [1.29, 1.82) is 0 Å². The van der Waals surface area contributed by atoms with E-state index in [1.807, 2.05) is 11.3 Å². The zero-order chi connectivity index (χ0) is 41.7. The number of hydrogen-bond acceptors (Lipinski definition) is 3. The van der Waals surface area contributed by atoms with E-state index in [2.05, 4.69) is 229 Å². The van der Waals surface area contributed by atoms with E-state index < -0.39 is 0 Å². The summed E-state index contributed by atoms with van der Waals surface area (Å²) in [5, 5.41) is 4.94. The number of hydrogen-bond donors (Lipinski definition) is 0. The van der Waals surface area contributed by atoms with E-state index in [1.165, 1.54) is 75.5 Å². The number of anilines is 3. The highest BCUT2D eigenvalue weighted by Crippen LogP contribution is 2.52. The van der Waals surface area contributed by atoms with E-state index in [0.29, 0.717) is 6.42 Å². The lowest BCUT2D eigenvalue weighted by Crippen LogP contribution is -2.13. The van der Waals surface area contributed by atoms with Gasteiger partial charge in [0.1, 0.15) is 5.75 Å².